The first kappa shape index (κ1) is 22.2. The van der Waals surface area contributed by atoms with Crippen LogP contribution in [0.1, 0.15) is 0 Å². The van der Waals surface area contributed by atoms with Crippen LogP contribution in [0.4, 0.5) is 20.6 Å². The summed E-state index contributed by atoms with van der Waals surface area (Å²) in [5.41, 5.74) is 1.52. The lowest BCUT2D eigenvalue weighted by Crippen LogP contribution is -2.19. The summed E-state index contributed by atoms with van der Waals surface area (Å²) >= 11 is 5.93. The summed E-state index contributed by atoms with van der Waals surface area (Å²) in [6.07, 6.45) is 1.64. The molecule has 0 atom stereocenters. The van der Waals surface area contributed by atoms with Gasteiger partial charge in [-0.25, -0.2) is 9.18 Å². The minimum Gasteiger partial charge on any atom is -0.493 e. The standard InChI is InChI=1S/C24H19ClFN3O4/c1-31-22-12-17-20(13-23(22)32-2)27-10-9-21(17)33-16-6-4-15(5-7-16)28-24(30)29-19-8-3-14(26)11-18(19)25/h3-13H,1-2H3,(H2,28,29,30). The van der Waals surface area contributed by atoms with Gasteiger partial charge in [-0.3, -0.25) is 4.98 Å². The number of nitrogens with one attached hydrogen (secondary N) is 2. The number of halogens is 2. The third-order valence-corrected chi connectivity index (χ3v) is 5.04. The molecule has 4 rings (SSSR count). The molecule has 0 bridgehead atoms. The second-order valence-corrected chi connectivity index (χ2v) is 7.27. The molecule has 0 unspecified atom stereocenters. The van der Waals surface area contributed by atoms with Crippen LogP contribution in [-0.2, 0) is 0 Å². The fraction of sp³-hybridized carbons (Fsp3) is 0.0833. The zero-order valence-electron chi connectivity index (χ0n) is 17.7. The Morgan fingerprint density at radius 1 is 0.909 bits per heavy atom. The Labute approximate surface area is 194 Å². The second-order valence-electron chi connectivity index (χ2n) is 6.86. The smallest absolute Gasteiger partial charge is 0.323 e. The number of carbonyl (C=O) groups is 1. The zero-order chi connectivity index (χ0) is 23.4. The molecule has 2 amide bonds. The van der Waals surface area contributed by atoms with Crippen LogP contribution in [0.2, 0.25) is 5.02 Å². The fourth-order valence-corrected chi connectivity index (χ4v) is 3.36. The van der Waals surface area contributed by atoms with Crippen molar-refractivity contribution in [2.45, 2.75) is 0 Å². The molecule has 0 saturated heterocycles. The van der Waals surface area contributed by atoms with E-state index in [2.05, 4.69) is 15.6 Å². The largest absolute Gasteiger partial charge is 0.493 e. The fourth-order valence-electron chi connectivity index (χ4n) is 3.15. The van der Waals surface area contributed by atoms with Crippen LogP contribution in [-0.4, -0.2) is 25.2 Å². The van der Waals surface area contributed by atoms with Crippen molar-refractivity contribution < 1.29 is 23.4 Å². The first-order valence-electron chi connectivity index (χ1n) is 9.78. The minimum atomic E-state index is -0.515. The van der Waals surface area contributed by atoms with E-state index in [4.69, 9.17) is 25.8 Å². The molecule has 0 radical (unpaired) electrons. The van der Waals surface area contributed by atoms with E-state index in [1.54, 1.807) is 62.9 Å². The van der Waals surface area contributed by atoms with Crippen LogP contribution < -0.4 is 24.8 Å². The van der Waals surface area contributed by atoms with E-state index in [0.29, 0.717) is 39.9 Å². The Kier molecular flexibility index (Phi) is 6.46. The lowest BCUT2D eigenvalue weighted by atomic mass is 10.2. The van der Waals surface area contributed by atoms with Gasteiger partial charge in [0, 0.05) is 23.3 Å². The van der Waals surface area contributed by atoms with Crippen LogP contribution in [0.3, 0.4) is 0 Å². The predicted octanol–water partition coefficient (Wildman–Crippen LogP) is 6.48. The van der Waals surface area contributed by atoms with Crippen molar-refractivity contribution in [3.8, 4) is 23.0 Å². The third kappa shape index (κ3) is 5.07. The maximum Gasteiger partial charge on any atom is 0.323 e. The number of methoxy groups -OCH3 is 2. The number of hydrogen-bond acceptors (Lipinski definition) is 5. The lowest BCUT2D eigenvalue weighted by Gasteiger charge is -2.13. The first-order chi connectivity index (χ1) is 16.0. The van der Waals surface area contributed by atoms with Crippen LogP contribution in [0.5, 0.6) is 23.0 Å². The third-order valence-electron chi connectivity index (χ3n) is 4.73. The number of rotatable bonds is 6. The van der Waals surface area contributed by atoms with Crippen molar-refractivity contribution in [2.24, 2.45) is 0 Å². The number of benzene rings is 3. The molecule has 1 aromatic heterocycles. The molecule has 0 aliphatic carbocycles. The Morgan fingerprint density at radius 2 is 1.64 bits per heavy atom. The summed E-state index contributed by atoms with van der Waals surface area (Å²) in [6.45, 7) is 0. The highest BCUT2D eigenvalue weighted by Gasteiger charge is 2.12. The summed E-state index contributed by atoms with van der Waals surface area (Å²) < 4.78 is 29.9. The molecule has 3 aromatic carbocycles. The molecule has 9 heteroatoms. The summed E-state index contributed by atoms with van der Waals surface area (Å²) in [7, 11) is 3.13. The summed E-state index contributed by atoms with van der Waals surface area (Å²) in [5.74, 6) is 1.80. The van der Waals surface area contributed by atoms with Crippen LogP contribution in [0.15, 0.2) is 66.9 Å². The van der Waals surface area contributed by atoms with Gasteiger partial charge in [-0.2, -0.15) is 0 Å². The van der Waals surface area contributed by atoms with Crippen molar-refractivity contribution in [2.75, 3.05) is 24.9 Å². The van der Waals surface area contributed by atoms with Gasteiger partial charge in [0.2, 0.25) is 0 Å². The number of nitrogens with zero attached hydrogens (tertiary/aromatic N) is 1. The first-order valence-corrected chi connectivity index (χ1v) is 10.2. The van der Waals surface area contributed by atoms with Crippen LogP contribution in [0.25, 0.3) is 10.9 Å². The molecule has 7 nitrogen and oxygen atoms in total. The Morgan fingerprint density at radius 3 is 2.33 bits per heavy atom. The SMILES string of the molecule is COc1cc2nccc(Oc3ccc(NC(=O)Nc4ccc(F)cc4Cl)cc3)c2cc1OC. The van der Waals surface area contributed by atoms with Crippen molar-refractivity contribution >= 4 is 39.9 Å². The number of fused-ring (bicyclic) bond motifs is 1. The highest BCUT2D eigenvalue weighted by Crippen LogP contribution is 2.37. The number of pyridine rings is 1. The molecular weight excluding hydrogens is 449 g/mol. The average Bonchev–Trinajstić information content (AvgIpc) is 2.81. The summed E-state index contributed by atoms with van der Waals surface area (Å²) in [4.78, 5) is 16.6. The molecule has 0 aliphatic rings. The van der Waals surface area contributed by atoms with Gasteiger partial charge in [0.15, 0.2) is 11.5 Å². The van der Waals surface area contributed by atoms with E-state index in [9.17, 15) is 9.18 Å². The zero-order valence-corrected chi connectivity index (χ0v) is 18.4. The topological polar surface area (TPSA) is 81.7 Å². The molecule has 168 valence electrons. The molecule has 33 heavy (non-hydrogen) atoms. The lowest BCUT2D eigenvalue weighted by molar-refractivity contribution is 0.262. The van der Waals surface area contributed by atoms with E-state index in [1.807, 2.05) is 0 Å². The normalized spacial score (nSPS) is 10.5. The molecular formula is C24H19ClFN3O4. The Balaban J connectivity index is 1.47. The molecule has 1 heterocycles. The van der Waals surface area contributed by atoms with E-state index in [-0.39, 0.29) is 5.02 Å². The molecule has 0 saturated carbocycles. The Bertz CT molecular complexity index is 1320. The van der Waals surface area contributed by atoms with Gasteiger partial charge >= 0.3 is 6.03 Å². The van der Waals surface area contributed by atoms with Gasteiger partial charge in [-0.05, 0) is 54.6 Å². The van der Waals surface area contributed by atoms with Crippen LogP contribution >= 0.6 is 11.6 Å². The van der Waals surface area contributed by atoms with E-state index >= 15 is 0 Å². The maximum absolute atomic E-state index is 13.1. The summed E-state index contributed by atoms with van der Waals surface area (Å²) in [5, 5.41) is 6.12. The van der Waals surface area contributed by atoms with Crippen molar-refractivity contribution in [1.82, 2.24) is 4.98 Å². The highest BCUT2D eigenvalue weighted by atomic mass is 35.5. The number of amides is 2. The molecule has 4 aromatic rings. The van der Waals surface area contributed by atoms with E-state index in [0.717, 1.165) is 11.5 Å². The van der Waals surface area contributed by atoms with Gasteiger partial charge < -0.3 is 24.8 Å². The van der Waals surface area contributed by atoms with Gasteiger partial charge in [0.05, 0.1) is 30.4 Å². The minimum absolute atomic E-state index is 0.104. The Hall–Kier alpha value is -4.04. The number of ether oxygens (including phenoxy) is 3. The van der Waals surface area contributed by atoms with Crippen molar-refractivity contribution in [3.05, 3.63) is 77.7 Å². The number of anilines is 2. The van der Waals surface area contributed by atoms with Crippen molar-refractivity contribution in [1.29, 1.82) is 0 Å². The number of urea groups is 1. The number of aromatic nitrogens is 1. The van der Waals surface area contributed by atoms with Gasteiger partial charge in [-0.1, -0.05) is 11.6 Å². The predicted molar refractivity (Wildman–Crippen MR) is 125 cm³/mol. The van der Waals surface area contributed by atoms with Crippen LogP contribution in [0, 0.1) is 5.82 Å². The second kappa shape index (κ2) is 9.62. The number of hydrogen-bond donors (Lipinski definition) is 2. The van der Waals surface area contributed by atoms with Gasteiger partial charge in [-0.15, -0.1) is 0 Å². The molecule has 0 aliphatic heterocycles. The van der Waals surface area contributed by atoms with Gasteiger partial charge in [0.1, 0.15) is 17.3 Å². The summed E-state index contributed by atoms with van der Waals surface area (Å²) in [6, 6.07) is 15.3. The van der Waals surface area contributed by atoms with E-state index < -0.39 is 11.8 Å². The van der Waals surface area contributed by atoms with Crippen molar-refractivity contribution in [3.63, 3.8) is 0 Å². The highest BCUT2D eigenvalue weighted by molar-refractivity contribution is 6.33. The molecule has 0 fully saturated rings. The monoisotopic (exact) mass is 467 g/mol. The average molecular weight is 468 g/mol. The maximum atomic E-state index is 13.1. The van der Waals surface area contributed by atoms with Gasteiger partial charge in [0.25, 0.3) is 0 Å². The molecule has 2 N–H and O–H groups in total. The quantitative estimate of drug-likeness (QED) is 0.339. The number of carbonyl (C=O) groups excluding carboxylic acids is 1. The molecule has 0 spiro atoms. The van der Waals surface area contributed by atoms with E-state index in [1.165, 1.54) is 12.1 Å².